The van der Waals surface area contributed by atoms with E-state index in [0.717, 1.165) is 6.54 Å². The highest BCUT2D eigenvalue weighted by molar-refractivity contribution is 5.01. The molecular formula is C12H25NO. The number of rotatable bonds is 2. The molecule has 1 aliphatic rings. The maximum absolute atomic E-state index is 9.31. The third kappa shape index (κ3) is 1.70. The van der Waals surface area contributed by atoms with Gasteiger partial charge in [0.15, 0.2) is 0 Å². The molecule has 1 fully saturated rings. The summed E-state index contributed by atoms with van der Waals surface area (Å²) in [5.74, 6) is 0.623. The Morgan fingerprint density at radius 2 is 1.71 bits per heavy atom. The molecule has 84 valence electrons. The highest BCUT2D eigenvalue weighted by atomic mass is 16.3. The molecule has 0 radical (unpaired) electrons. The summed E-state index contributed by atoms with van der Waals surface area (Å²) >= 11 is 0. The molecule has 1 saturated heterocycles. The van der Waals surface area contributed by atoms with Gasteiger partial charge in [-0.1, -0.05) is 34.6 Å². The SMILES string of the molecule is CN1CC(C(C)(C)C(C)(C)C)[C@H]1CO. The maximum Gasteiger partial charge on any atom is 0.0590 e. The van der Waals surface area contributed by atoms with Crippen molar-refractivity contribution in [3.63, 3.8) is 0 Å². The van der Waals surface area contributed by atoms with Gasteiger partial charge in [0, 0.05) is 12.6 Å². The van der Waals surface area contributed by atoms with Gasteiger partial charge < -0.3 is 10.0 Å². The first-order chi connectivity index (χ1) is 6.21. The lowest BCUT2D eigenvalue weighted by molar-refractivity contribution is -0.0997. The lowest BCUT2D eigenvalue weighted by Crippen LogP contribution is -2.63. The van der Waals surface area contributed by atoms with E-state index in [1.807, 2.05) is 0 Å². The molecule has 1 rings (SSSR count). The molecule has 1 unspecified atom stereocenters. The Hall–Kier alpha value is -0.0800. The van der Waals surface area contributed by atoms with Crippen LogP contribution >= 0.6 is 0 Å². The van der Waals surface area contributed by atoms with Crippen molar-refractivity contribution in [3.8, 4) is 0 Å². The van der Waals surface area contributed by atoms with Gasteiger partial charge in [-0.2, -0.15) is 0 Å². The Labute approximate surface area is 88.3 Å². The molecule has 1 aliphatic heterocycles. The molecule has 2 atom stereocenters. The van der Waals surface area contributed by atoms with Crippen LogP contribution in [0.1, 0.15) is 34.6 Å². The molecule has 0 aromatic carbocycles. The molecule has 0 aromatic rings. The fourth-order valence-electron chi connectivity index (χ4n) is 2.27. The van der Waals surface area contributed by atoms with Gasteiger partial charge in [0.1, 0.15) is 0 Å². The van der Waals surface area contributed by atoms with Crippen molar-refractivity contribution >= 4 is 0 Å². The van der Waals surface area contributed by atoms with Crippen LogP contribution in [-0.4, -0.2) is 36.2 Å². The highest BCUT2D eigenvalue weighted by Gasteiger charge is 2.49. The molecule has 0 saturated carbocycles. The number of hydrogen-bond donors (Lipinski definition) is 1. The summed E-state index contributed by atoms with van der Waals surface area (Å²) in [5, 5.41) is 9.31. The molecule has 1 heterocycles. The van der Waals surface area contributed by atoms with Gasteiger partial charge in [-0.15, -0.1) is 0 Å². The minimum Gasteiger partial charge on any atom is -0.395 e. The number of likely N-dealkylation sites (N-methyl/N-ethyl adjacent to an activating group) is 1. The van der Waals surface area contributed by atoms with Crippen molar-refractivity contribution < 1.29 is 5.11 Å². The van der Waals surface area contributed by atoms with Crippen LogP contribution in [0.15, 0.2) is 0 Å². The van der Waals surface area contributed by atoms with Crippen LogP contribution in [-0.2, 0) is 0 Å². The first-order valence-corrected chi connectivity index (χ1v) is 5.53. The molecule has 2 nitrogen and oxygen atoms in total. The van der Waals surface area contributed by atoms with Crippen molar-refractivity contribution in [1.82, 2.24) is 4.90 Å². The molecule has 1 N–H and O–H groups in total. The molecule has 0 aliphatic carbocycles. The molecule has 0 amide bonds. The number of aliphatic hydroxyl groups is 1. The first-order valence-electron chi connectivity index (χ1n) is 5.53. The van der Waals surface area contributed by atoms with E-state index in [9.17, 15) is 5.11 Å². The predicted octanol–water partition coefficient (Wildman–Crippen LogP) is 1.98. The van der Waals surface area contributed by atoms with E-state index in [4.69, 9.17) is 0 Å². The molecular weight excluding hydrogens is 174 g/mol. The van der Waals surface area contributed by atoms with Crippen LogP contribution < -0.4 is 0 Å². The second kappa shape index (κ2) is 3.49. The van der Waals surface area contributed by atoms with Crippen LogP contribution in [0.4, 0.5) is 0 Å². The average Bonchev–Trinajstić information content (AvgIpc) is 1.98. The van der Waals surface area contributed by atoms with Crippen LogP contribution in [0.3, 0.4) is 0 Å². The minimum atomic E-state index is 0.285. The van der Waals surface area contributed by atoms with Crippen molar-refractivity contribution in [2.45, 2.75) is 40.7 Å². The van der Waals surface area contributed by atoms with E-state index >= 15 is 0 Å². The lowest BCUT2D eigenvalue weighted by atomic mass is 9.57. The second-order valence-electron chi connectivity index (χ2n) is 6.27. The Kier molecular flexibility index (Phi) is 2.99. The fraction of sp³-hybridized carbons (Fsp3) is 1.00. The van der Waals surface area contributed by atoms with Crippen molar-refractivity contribution in [2.24, 2.45) is 16.7 Å². The number of aliphatic hydroxyl groups excluding tert-OH is 1. The van der Waals surface area contributed by atoms with Gasteiger partial charge in [-0.05, 0) is 23.8 Å². The monoisotopic (exact) mass is 199 g/mol. The summed E-state index contributed by atoms with van der Waals surface area (Å²) in [6, 6.07) is 0.365. The van der Waals surface area contributed by atoms with Crippen LogP contribution in [0, 0.1) is 16.7 Å². The molecule has 14 heavy (non-hydrogen) atoms. The lowest BCUT2D eigenvalue weighted by Gasteiger charge is -2.57. The highest BCUT2D eigenvalue weighted by Crippen LogP contribution is 2.49. The third-order valence-corrected chi connectivity index (χ3v) is 4.56. The summed E-state index contributed by atoms with van der Waals surface area (Å²) in [4.78, 5) is 2.25. The van der Waals surface area contributed by atoms with Crippen molar-refractivity contribution in [2.75, 3.05) is 20.2 Å². The zero-order valence-electron chi connectivity index (χ0n) is 10.5. The van der Waals surface area contributed by atoms with Crippen molar-refractivity contribution in [1.29, 1.82) is 0 Å². The first kappa shape index (κ1) is 12.0. The van der Waals surface area contributed by atoms with Gasteiger partial charge in [-0.25, -0.2) is 0 Å². The van der Waals surface area contributed by atoms with E-state index in [-0.39, 0.29) is 5.41 Å². The molecule has 2 heteroatoms. The number of hydrogen-bond acceptors (Lipinski definition) is 2. The normalized spacial score (nSPS) is 30.2. The standard InChI is InChI=1S/C12H25NO/c1-11(2,3)12(4,5)9-7-13(6)10(9)8-14/h9-10,14H,7-8H2,1-6H3/t9?,10-/m1/s1. The quantitative estimate of drug-likeness (QED) is 0.735. The van der Waals surface area contributed by atoms with Gasteiger partial charge in [0.2, 0.25) is 0 Å². The van der Waals surface area contributed by atoms with Crippen LogP contribution in [0.25, 0.3) is 0 Å². The Morgan fingerprint density at radius 3 is 2.00 bits per heavy atom. The Bertz CT molecular complexity index is 205. The minimum absolute atomic E-state index is 0.285. The van der Waals surface area contributed by atoms with E-state index in [2.05, 4.69) is 46.6 Å². The van der Waals surface area contributed by atoms with Gasteiger partial charge in [0.05, 0.1) is 6.61 Å². The molecule has 0 spiro atoms. The molecule has 0 bridgehead atoms. The Balaban J connectivity index is 2.75. The van der Waals surface area contributed by atoms with Crippen LogP contribution in [0.2, 0.25) is 0 Å². The number of nitrogens with zero attached hydrogens (tertiary/aromatic N) is 1. The zero-order valence-corrected chi connectivity index (χ0v) is 10.5. The molecule has 0 aromatic heterocycles. The van der Waals surface area contributed by atoms with Gasteiger partial charge in [0.25, 0.3) is 0 Å². The topological polar surface area (TPSA) is 23.5 Å². The van der Waals surface area contributed by atoms with E-state index in [0.29, 0.717) is 24.0 Å². The summed E-state index contributed by atoms with van der Waals surface area (Å²) in [6.45, 7) is 12.9. The summed E-state index contributed by atoms with van der Waals surface area (Å²) in [7, 11) is 2.09. The Morgan fingerprint density at radius 1 is 1.21 bits per heavy atom. The smallest absolute Gasteiger partial charge is 0.0590 e. The van der Waals surface area contributed by atoms with E-state index < -0.39 is 0 Å². The zero-order chi connectivity index (χ0) is 11.1. The predicted molar refractivity (Wildman–Crippen MR) is 60.2 cm³/mol. The average molecular weight is 199 g/mol. The summed E-state index contributed by atoms with van der Waals surface area (Å²) in [5.41, 5.74) is 0.583. The largest absolute Gasteiger partial charge is 0.395 e. The van der Waals surface area contributed by atoms with Gasteiger partial charge >= 0.3 is 0 Å². The van der Waals surface area contributed by atoms with Gasteiger partial charge in [-0.3, -0.25) is 0 Å². The van der Waals surface area contributed by atoms with Crippen molar-refractivity contribution in [3.05, 3.63) is 0 Å². The second-order valence-corrected chi connectivity index (χ2v) is 6.27. The summed E-state index contributed by atoms with van der Waals surface area (Å²) < 4.78 is 0. The van der Waals surface area contributed by atoms with E-state index in [1.54, 1.807) is 0 Å². The third-order valence-electron chi connectivity index (χ3n) is 4.56. The maximum atomic E-state index is 9.31. The van der Waals surface area contributed by atoms with Crippen LogP contribution in [0.5, 0.6) is 0 Å². The fourth-order valence-corrected chi connectivity index (χ4v) is 2.27. The number of likely N-dealkylation sites (tertiary alicyclic amines) is 1. The van der Waals surface area contributed by atoms with E-state index in [1.165, 1.54) is 0 Å². The summed E-state index contributed by atoms with van der Waals surface area (Å²) in [6.07, 6.45) is 0.